The summed E-state index contributed by atoms with van der Waals surface area (Å²) in [4.78, 5) is 24.6. The Morgan fingerprint density at radius 1 is 0.373 bits per heavy atom. The molecule has 0 saturated carbocycles. The predicted octanol–water partition coefficient (Wildman–Crippen LogP) is 21.5. The van der Waals surface area contributed by atoms with E-state index < -0.39 is 12.1 Å². The number of hydrogen-bond donors (Lipinski definition) is 3. The summed E-state index contributed by atoms with van der Waals surface area (Å²) in [7, 11) is 0. The third kappa shape index (κ3) is 61.2. The number of amides is 1. The molecule has 1 amide bonds. The quantitative estimate of drug-likeness (QED) is 0.0320. The molecule has 0 rings (SSSR count). The molecule has 75 heavy (non-hydrogen) atoms. The Hall–Kier alpha value is -1.92. The van der Waals surface area contributed by atoms with Gasteiger partial charge in [-0.25, -0.2) is 0 Å². The summed E-state index contributed by atoms with van der Waals surface area (Å²) in [6.07, 6.45) is 81.8. The zero-order chi connectivity index (χ0) is 54.3. The number of rotatable bonds is 63. The highest BCUT2D eigenvalue weighted by atomic mass is 16.5. The lowest BCUT2D eigenvalue weighted by molar-refractivity contribution is -0.143. The van der Waals surface area contributed by atoms with Gasteiger partial charge in [-0.05, 0) is 83.5 Å². The molecule has 6 nitrogen and oxygen atoms in total. The molecule has 0 fully saturated rings. The summed E-state index contributed by atoms with van der Waals surface area (Å²) in [5.41, 5.74) is 0. The lowest BCUT2D eigenvalue weighted by Gasteiger charge is -2.22. The van der Waals surface area contributed by atoms with Crippen molar-refractivity contribution in [2.45, 2.75) is 379 Å². The molecule has 0 heterocycles. The number of allylic oxidation sites excluding steroid dienone is 6. The Balaban J connectivity index is 3.37. The molecule has 2 unspecified atom stereocenters. The fourth-order valence-electron chi connectivity index (χ4n) is 10.5. The third-order valence-electron chi connectivity index (χ3n) is 15.7. The number of ether oxygens (including phenoxy) is 1. The van der Waals surface area contributed by atoms with E-state index in [4.69, 9.17) is 4.74 Å². The Kier molecular flexibility index (Phi) is 63.0. The van der Waals surface area contributed by atoms with Crippen molar-refractivity contribution in [1.29, 1.82) is 0 Å². The number of unbranched alkanes of at least 4 members (excludes halogenated alkanes) is 46. The molecule has 6 heteroatoms. The number of esters is 1. The number of carbonyl (C=O) groups is 2. The van der Waals surface area contributed by atoms with Crippen LogP contribution >= 0.6 is 0 Å². The van der Waals surface area contributed by atoms with E-state index in [1.165, 1.54) is 283 Å². The van der Waals surface area contributed by atoms with E-state index in [-0.39, 0.29) is 18.5 Å². The molecule has 2 atom stereocenters. The molecule has 0 aromatic rings. The highest BCUT2D eigenvalue weighted by molar-refractivity contribution is 5.76. The van der Waals surface area contributed by atoms with Crippen LogP contribution in [-0.2, 0) is 14.3 Å². The van der Waals surface area contributed by atoms with Crippen molar-refractivity contribution < 1.29 is 24.5 Å². The van der Waals surface area contributed by atoms with Crippen molar-refractivity contribution in [1.82, 2.24) is 5.32 Å². The van der Waals surface area contributed by atoms with Gasteiger partial charge in [0.05, 0.1) is 25.4 Å². The highest BCUT2D eigenvalue weighted by Gasteiger charge is 2.20. The first-order valence-electron chi connectivity index (χ1n) is 33.7. The molecule has 0 aliphatic carbocycles. The van der Waals surface area contributed by atoms with E-state index in [9.17, 15) is 19.8 Å². The number of aliphatic hydroxyl groups is 2. The maximum Gasteiger partial charge on any atom is 0.305 e. The van der Waals surface area contributed by atoms with E-state index in [0.717, 1.165) is 51.4 Å². The van der Waals surface area contributed by atoms with Crippen LogP contribution in [-0.4, -0.2) is 47.4 Å². The molecule has 0 radical (unpaired) electrons. The van der Waals surface area contributed by atoms with Gasteiger partial charge < -0.3 is 20.3 Å². The smallest absolute Gasteiger partial charge is 0.305 e. The minimum Gasteiger partial charge on any atom is -0.466 e. The van der Waals surface area contributed by atoms with Gasteiger partial charge in [0.25, 0.3) is 0 Å². The summed E-state index contributed by atoms with van der Waals surface area (Å²) < 4.78 is 5.50. The second-order valence-electron chi connectivity index (χ2n) is 23.1. The standard InChI is InChI=1S/C69H131NO5/c1-3-5-7-9-11-13-15-17-18-19-28-32-35-39-43-47-51-55-59-63-69(74)75-64-60-56-52-48-44-40-36-33-30-27-25-23-21-20-22-24-26-29-31-34-38-42-46-50-54-58-62-68(73)70-66(65-71)67(72)61-57-53-49-45-41-37-16-14-12-10-8-6-4-2/h11,13,17-18,20,22,66-67,71-72H,3-10,12,14-16,19,21,23-65H2,1-2H3,(H,70,73)/b13-11-,18-17-,22-20-. The SMILES string of the molecule is CCCCC/C=C\C/C=C\CCCCCCCCCCCC(=O)OCCCCCCCCCCCCCC/C=C\CCCCCCCCCCCCC(=O)NC(CO)C(O)CCCCCCCCCCCCCCC. The number of carbonyl (C=O) groups excluding carboxylic acids is 2. The Labute approximate surface area is 468 Å². The molecule has 0 bridgehead atoms. The van der Waals surface area contributed by atoms with Crippen LogP contribution in [0.15, 0.2) is 36.5 Å². The third-order valence-corrected chi connectivity index (χ3v) is 15.7. The van der Waals surface area contributed by atoms with Crippen LogP contribution in [0.3, 0.4) is 0 Å². The maximum absolute atomic E-state index is 12.5. The normalized spacial score (nSPS) is 12.7. The molecule has 0 aliphatic heterocycles. The first-order valence-corrected chi connectivity index (χ1v) is 33.7. The van der Waals surface area contributed by atoms with Gasteiger partial charge in [0, 0.05) is 12.8 Å². The topological polar surface area (TPSA) is 95.9 Å². The van der Waals surface area contributed by atoms with Gasteiger partial charge in [-0.15, -0.1) is 0 Å². The highest BCUT2D eigenvalue weighted by Crippen LogP contribution is 2.18. The van der Waals surface area contributed by atoms with Gasteiger partial charge in [0.2, 0.25) is 5.91 Å². The van der Waals surface area contributed by atoms with Crippen molar-refractivity contribution in [3.8, 4) is 0 Å². The summed E-state index contributed by atoms with van der Waals surface area (Å²) >= 11 is 0. The molecule has 3 N–H and O–H groups in total. The summed E-state index contributed by atoms with van der Waals surface area (Å²) in [5, 5.41) is 23.3. The van der Waals surface area contributed by atoms with Crippen LogP contribution in [0, 0.1) is 0 Å². The molecule has 0 aromatic heterocycles. The van der Waals surface area contributed by atoms with Crippen LogP contribution in [0.4, 0.5) is 0 Å². The van der Waals surface area contributed by atoms with Gasteiger partial charge in [-0.1, -0.05) is 307 Å². The Bertz CT molecular complexity index is 1210. The Morgan fingerprint density at radius 2 is 0.667 bits per heavy atom. The van der Waals surface area contributed by atoms with Gasteiger partial charge in [0.15, 0.2) is 0 Å². The van der Waals surface area contributed by atoms with Crippen molar-refractivity contribution in [3.63, 3.8) is 0 Å². The van der Waals surface area contributed by atoms with Gasteiger partial charge in [-0.2, -0.15) is 0 Å². The molecule has 0 saturated heterocycles. The van der Waals surface area contributed by atoms with Gasteiger partial charge >= 0.3 is 5.97 Å². The van der Waals surface area contributed by atoms with Crippen LogP contribution in [0.2, 0.25) is 0 Å². The summed E-state index contributed by atoms with van der Waals surface area (Å²) in [5.74, 6) is -0.0248. The summed E-state index contributed by atoms with van der Waals surface area (Å²) in [6.45, 7) is 4.94. The average molecular weight is 1050 g/mol. The van der Waals surface area contributed by atoms with Crippen molar-refractivity contribution in [2.24, 2.45) is 0 Å². The second kappa shape index (κ2) is 64.6. The summed E-state index contributed by atoms with van der Waals surface area (Å²) in [6, 6.07) is -0.542. The zero-order valence-corrected chi connectivity index (χ0v) is 50.5. The lowest BCUT2D eigenvalue weighted by atomic mass is 10.0. The number of nitrogens with one attached hydrogen (secondary N) is 1. The van der Waals surface area contributed by atoms with E-state index >= 15 is 0 Å². The maximum atomic E-state index is 12.5. The van der Waals surface area contributed by atoms with E-state index in [2.05, 4.69) is 55.6 Å². The minimum atomic E-state index is -0.665. The predicted molar refractivity (Wildman–Crippen MR) is 329 cm³/mol. The van der Waals surface area contributed by atoms with Crippen LogP contribution in [0.1, 0.15) is 367 Å². The molecular weight excluding hydrogens is 923 g/mol. The first-order chi connectivity index (χ1) is 37.0. The molecule has 0 aromatic carbocycles. The second-order valence-corrected chi connectivity index (χ2v) is 23.1. The molecule has 442 valence electrons. The number of hydrogen-bond acceptors (Lipinski definition) is 5. The fraction of sp³-hybridized carbons (Fsp3) is 0.884. The van der Waals surface area contributed by atoms with Crippen LogP contribution < -0.4 is 5.32 Å². The monoisotopic (exact) mass is 1050 g/mol. The number of aliphatic hydroxyl groups excluding tert-OH is 2. The van der Waals surface area contributed by atoms with E-state index in [1.54, 1.807) is 0 Å². The van der Waals surface area contributed by atoms with E-state index in [1.807, 2.05) is 0 Å². The average Bonchev–Trinajstić information content (AvgIpc) is 3.41. The zero-order valence-electron chi connectivity index (χ0n) is 50.5. The molecular formula is C69H131NO5. The minimum absolute atomic E-state index is 0.0108. The molecule has 0 aliphatic rings. The molecule has 0 spiro atoms. The van der Waals surface area contributed by atoms with Crippen LogP contribution in [0.25, 0.3) is 0 Å². The van der Waals surface area contributed by atoms with E-state index in [0.29, 0.717) is 25.9 Å². The van der Waals surface area contributed by atoms with Crippen molar-refractivity contribution >= 4 is 11.9 Å². The fourth-order valence-corrected chi connectivity index (χ4v) is 10.5. The lowest BCUT2D eigenvalue weighted by Crippen LogP contribution is -2.45. The van der Waals surface area contributed by atoms with Gasteiger partial charge in [0.1, 0.15) is 0 Å². The first kappa shape index (κ1) is 73.1. The Morgan fingerprint density at radius 3 is 1.05 bits per heavy atom. The van der Waals surface area contributed by atoms with Crippen LogP contribution in [0.5, 0.6) is 0 Å². The van der Waals surface area contributed by atoms with Crippen molar-refractivity contribution in [3.05, 3.63) is 36.5 Å². The van der Waals surface area contributed by atoms with Gasteiger partial charge in [-0.3, -0.25) is 9.59 Å². The van der Waals surface area contributed by atoms with Crippen molar-refractivity contribution in [2.75, 3.05) is 13.2 Å². The largest absolute Gasteiger partial charge is 0.466 e.